The first kappa shape index (κ1) is 12.0. The zero-order valence-electron chi connectivity index (χ0n) is 7.98. The van der Waals surface area contributed by atoms with Crippen molar-refractivity contribution in [3.63, 3.8) is 0 Å². The zero-order valence-corrected chi connectivity index (χ0v) is 10.4. The van der Waals surface area contributed by atoms with E-state index < -0.39 is 0 Å². The van der Waals surface area contributed by atoms with Crippen LogP contribution in [0.25, 0.3) is 11.4 Å². The minimum Gasteiger partial charge on any atom is -0.285 e. The number of hydrogen-bond donors (Lipinski definition) is 0. The third-order valence-electron chi connectivity index (χ3n) is 1.87. The van der Waals surface area contributed by atoms with Gasteiger partial charge in [-0.05, 0) is 19.4 Å². The minimum atomic E-state index is 0. The maximum absolute atomic E-state index is 5.50. The van der Waals surface area contributed by atoms with Crippen LogP contribution in [0.5, 0.6) is 0 Å². The first-order valence-electron chi connectivity index (χ1n) is 4.39. The number of aromatic nitrogens is 2. The van der Waals surface area contributed by atoms with Crippen LogP contribution >= 0.6 is 0 Å². The summed E-state index contributed by atoms with van der Waals surface area (Å²) < 4.78 is 0. The van der Waals surface area contributed by atoms with E-state index in [9.17, 15) is 0 Å². The summed E-state index contributed by atoms with van der Waals surface area (Å²) in [7, 11) is 0. The van der Waals surface area contributed by atoms with Crippen molar-refractivity contribution in [2.45, 2.75) is 6.42 Å². The molecule has 15 heavy (non-hydrogen) atoms. The van der Waals surface area contributed by atoms with Gasteiger partial charge >= 0.3 is 0 Å². The normalized spacial score (nSPS) is 9.40. The molecule has 2 aromatic rings. The molecule has 1 heterocycles. The van der Waals surface area contributed by atoms with Gasteiger partial charge in [-0.25, -0.2) is 0 Å². The summed E-state index contributed by atoms with van der Waals surface area (Å²) in [5.41, 5.74) is 1.73. The van der Waals surface area contributed by atoms with E-state index in [0.29, 0.717) is 12.2 Å². The Bertz CT molecular complexity index is 415. The van der Waals surface area contributed by atoms with Crippen LogP contribution in [-0.2, 0) is 26.5 Å². The fraction of sp³-hybridized carbons (Fsp3) is 0.0833. The predicted molar refractivity (Wildman–Crippen MR) is 54.3 cm³/mol. The summed E-state index contributed by atoms with van der Waals surface area (Å²) in [6.07, 6.45) is 2.15. The molecule has 0 bridgehead atoms. The molecule has 3 radical (unpaired) electrons. The SMILES string of the molecule is [CH]Cc1ccnc(-c2[c-]cccc2)n1.[Ir]. The van der Waals surface area contributed by atoms with Crippen LogP contribution in [0.3, 0.4) is 0 Å². The molecule has 3 heteroatoms. The second-order valence-corrected chi connectivity index (χ2v) is 2.85. The van der Waals surface area contributed by atoms with E-state index >= 15 is 0 Å². The van der Waals surface area contributed by atoms with Gasteiger partial charge in [0.15, 0.2) is 0 Å². The molecule has 0 unspecified atom stereocenters. The van der Waals surface area contributed by atoms with Gasteiger partial charge in [0.25, 0.3) is 0 Å². The van der Waals surface area contributed by atoms with E-state index in [1.54, 1.807) is 6.20 Å². The van der Waals surface area contributed by atoms with E-state index in [-0.39, 0.29) is 20.1 Å². The van der Waals surface area contributed by atoms with Crippen molar-refractivity contribution in [2.24, 2.45) is 0 Å². The van der Waals surface area contributed by atoms with Crippen LogP contribution in [0.2, 0.25) is 0 Å². The molecule has 0 amide bonds. The molecular weight excluding hydrogens is 364 g/mol. The zero-order chi connectivity index (χ0) is 9.80. The Morgan fingerprint density at radius 1 is 1.27 bits per heavy atom. The molecule has 1 aromatic heterocycles. The van der Waals surface area contributed by atoms with Crippen LogP contribution in [0, 0.1) is 13.0 Å². The van der Waals surface area contributed by atoms with E-state index in [1.165, 1.54) is 0 Å². The molecule has 2 nitrogen and oxygen atoms in total. The quantitative estimate of drug-likeness (QED) is 0.755. The Kier molecular flexibility index (Phi) is 4.60. The molecule has 0 fully saturated rings. The first-order valence-corrected chi connectivity index (χ1v) is 4.39. The molecular formula is C12H9IrN2-. The van der Waals surface area contributed by atoms with Crippen molar-refractivity contribution in [1.29, 1.82) is 0 Å². The molecule has 0 aliphatic heterocycles. The largest absolute Gasteiger partial charge is 0.285 e. The van der Waals surface area contributed by atoms with Crippen molar-refractivity contribution in [1.82, 2.24) is 9.97 Å². The molecule has 0 aliphatic carbocycles. The van der Waals surface area contributed by atoms with Crippen LogP contribution in [0.4, 0.5) is 0 Å². The van der Waals surface area contributed by atoms with Crippen molar-refractivity contribution >= 4 is 0 Å². The van der Waals surface area contributed by atoms with Gasteiger partial charge in [0, 0.05) is 32.0 Å². The van der Waals surface area contributed by atoms with Crippen LogP contribution in [0.1, 0.15) is 5.69 Å². The van der Waals surface area contributed by atoms with Gasteiger partial charge in [0.2, 0.25) is 0 Å². The summed E-state index contributed by atoms with van der Waals surface area (Å²) in [6, 6.07) is 12.5. The number of rotatable bonds is 2. The van der Waals surface area contributed by atoms with Gasteiger partial charge in [-0.2, -0.15) is 0 Å². The molecule has 2 rings (SSSR count). The molecule has 0 N–H and O–H groups in total. The van der Waals surface area contributed by atoms with Gasteiger partial charge in [-0.3, -0.25) is 9.97 Å². The van der Waals surface area contributed by atoms with Crippen LogP contribution in [-0.4, -0.2) is 9.97 Å². The van der Waals surface area contributed by atoms with Gasteiger partial charge < -0.3 is 0 Å². The molecule has 0 aliphatic rings. The van der Waals surface area contributed by atoms with Crippen molar-refractivity contribution in [3.05, 3.63) is 55.2 Å². The monoisotopic (exact) mass is 374 g/mol. The molecule has 1 aromatic carbocycles. The molecule has 0 spiro atoms. The fourth-order valence-electron chi connectivity index (χ4n) is 1.17. The van der Waals surface area contributed by atoms with Crippen molar-refractivity contribution < 1.29 is 20.1 Å². The summed E-state index contributed by atoms with van der Waals surface area (Å²) in [4.78, 5) is 8.45. The molecule has 0 saturated carbocycles. The van der Waals surface area contributed by atoms with Gasteiger partial charge in [-0.1, -0.05) is 0 Å². The number of nitrogens with zero attached hydrogens (tertiary/aromatic N) is 2. The topological polar surface area (TPSA) is 25.8 Å². The van der Waals surface area contributed by atoms with E-state index in [4.69, 9.17) is 6.92 Å². The van der Waals surface area contributed by atoms with E-state index in [0.717, 1.165) is 11.3 Å². The Hall–Kier alpha value is -1.05. The first-order chi connectivity index (χ1) is 6.90. The van der Waals surface area contributed by atoms with Gasteiger partial charge in [0.1, 0.15) is 0 Å². The summed E-state index contributed by atoms with van der Waals surface area (Å²) >= 11 is 0. The van der Waals surface area contributed by atoms with E-state index in [2.05, 4.69) is 16.0 Å². The Labute approximate surface area is 103 Å². The van der Waals surface area contributed by atoms with Gasteiger partial charge in [-0.15, -0.1) is 35.9 Å². The summed E-state index contributed by atoms with van der Waals surface area (Å²) in [5.74, 6) is 0.675. The fourth-order valence-corrected chi connectivity index (χ4v) is 1.17. The third-order valence-corrected chi connectivity index (χ3v) is 1.87. The second-order valence-electron chi connectivity index (χ2n) is 2.85. The maximum Gasteiger partial charge on any atom is 0.0751 e. The maximum atomic E-state index is 5.50. The Morgan fingerprint density at radius 2 is 2.13 bits per heavy atom. The summed E-state index contributed by atoms with van der Waals surface area (Å²) in [5, 5.41) is 0. The van der Waals surface area contributed by atoms with Crippen molar-refractivity contribution in [3.8, 4) is 11.4 Å². The average Bonchev–Trinajstić information content (AvgIpc) is 2.30. The van der Waals surface area contributed by atoms with Crippen molar-refractivity contribution in [2.75, 3.05) is 0 Å². The smallest absolute Gasteiger partial charge is 0.0751 e. The summed E-state index contributed by atoms with van der Waals surface area (Å²) in [6.45, 7) is 5.50. The van der Waals surface area contributed by atoms with Crippen LogP contribution in [0.15, 0.2) is 36.5 Å². The minimum absolute atomic E-state index is 0. The Morgan fingerprint density at radius 3 is 2.80 bits per heavy atom. The number of hydrogen-bond acceptors (Lipinski definition) is 2. The number of benzene rings is 1. The average molecular weight is 373 g/mol. The Balaban J connectivity index is 0.00000112. The predicted octanol–water partition coefficient (Wildman–Crippen LogP) is 2.19. The van der Waals surface area contributed by atoms with Crippen LogP contribution < -0.4 is 0 Å². The standard InChI is InChI=1S/C12H9N2.Ir/c1-2-11-8-9-13-12(14-11)10-6-4-3-5-7-10;/h1,3-6,8-9H,2H2;/q-1;. The van der Waals surface area contributed by atoms with Gasteiger partial charge in [0.05, 0.1) is 5.82 Å². The third kappa shape index (κ3) is 2.95. The molecule has 0 saturated heterocycles. The van der Waals surface area contributed by atoms with E-state index in [1.807, 2.05) is 30.3 Å². The second kappa shape index (κ2) is 5.74. The molecule has 77 valence electrons. The molecule has 0 atom stereocenters.